The first-order valence-electron chi connectivity index (χ1n) is 14.0. The lowest BCUT2D eigenvalue weighted by Crippen LogP contribution is -2.42. The van der Waals surface area contributed by atoms with Crippen LogP contribution in [0.15, 0.2) is 66.6 Å². The van der Waals surface area contributed by atoms with Crippen LogP contribution in [0.2, 0.25) is 0 Å². The third kappa shape index (κ3) is 7.65. The molecule has 0 spiro atoms. The Morgan fingerprint density at radius 1 is 0.974 bits per heavy atom. The highest BCUT2D eigenvalue weighted by atomic mass is 32.1. The molecular weight excluding hydrogens is 506 g/mol. The molecule has 0 aliphatic heterocycles. The third-order valence-electron chi connectivity index (χ3n) is 7.54. The lowest BCUT2D eigenvalue weighted by molar-refractivity contribution is 0.0721. The van der Waals surface area contributed by atoms with Crippen LogP contribution in [0.25, 0.3) is 0 Å². The van der Waals surface area contributed by atoms with E-state index in [-0.39, 0.29) is 5.91 Å². The molecule has 4 aromatic rings. The Labute approximate surface area is 234 Å². The molecule has 1 fully saturated rings. The van der Waals surface area contributed by atoms with Crippen molar-refractivity contribution in [1.29, 1.82) is 0 Å². The fourth-order valence-electron chi connectivity index (χ4n) is 5.47. The zero-order valence-electron chi connectivity index (χ0n) is 22.7. The fourth-order valence-corrected chi connectivity index (χ4v) is 6.20. The van der Waals surface area contributed by atoms with Crippen molar-refractivity contribution in [3.63, 3.8) is 0 Å². The van der Waals surface area contributed by atoms with Gasteiger partial charge in [-0.3, -0.25) is 9.69 Å². The standard InChI is InChI=1S/C30H39N7OS/c1-2-17-36(20-27-4-3-18-39-27)26-11-9-25(10-12-26)35-19-23-5-7-24(8-6-23)30(38)37(21-28-31-13-14-32-28)22-29-33-15-16-34-29/h3-8,13-16,18,25-26,35H,2,9-12,17,19-22H2,1H3,(H,31,32)(H,33,34)/t25-,26-. The van der Waals surface area contributed by atoms with Crippen LogP contribution in [-0.2, 0) is 26.2 Å². The van der Waals surface area contributed by atoms with Crippen LogP contribution in [0.5, 0.6) is 0 Å². The van der Waals surface area contributed by atoms with Gasteiger partial charge in [-0.05, 0) is 67.8 Å². The van der Waals surface area contributed by atoms with E-state index in [4.69, 9.17) is 0 Å². The van der Waals surface area contributed by atoms with E-state index in [2.05, 4.69) is 66.7 Å². The van der Waals surface area contributed by atoms with Gasteiger partial charge in [-0.2, -0.15) is 0 Å². The number of carbonyl (C=O) groups excluding carboxylic acids is 1. The van der Waals surface area contributed by atoms with Crippen LogP contribution >= 0.6 is 11.3 Å². The maximum atomic E-state index is 13.4. The number of benzene rings is 1. The quantitative estimate of drug-likeness (QED) is 0.211. The predicted molar refractivity (Wildman–Crippen MR) is 155 cm³/mol. The van der Waals surface area contributed by atoms with Gasteiger partial charge in [0.25, 0.3) is 5.91 Å². The van der Waals surface area contributed by atoms with E-state index in [1.165, 1.54) is 49.1 Å². The summed E-state index contributed by atoms with van der Waals surface area (Å²) in [7, 11) is 0. The summed E-state index contributed by atoms with van der Waals surface area (Å²) in [6, 6.07) is 13.6. The van der Waals surface area contributed by atoms with E-state index < -0.39 is 0 Å². The van der Waals surface area contributed by atoms with Gasteiger partial charge in [0, 0.05) is 60.4 Å². The predicted octanol–water partition coefficient (Wildman–Crippen LogP) is 5.35. The molecule has 39 heavy (non-hydrogen) atoms. The lowest BCUT2D eigenvalue weighted by Gasteiger charge is -2.37. The molecule has 0 bridgehead atoms. The van der Waals surface area contributed by atoms with E-state index in [0.29, 0.717) is 30.7 Å². The van der Waals surface area contributed by atoms with Crippen LogP contribution in [0.1, 0.15) is 71.5 Å². The van der Waals surface area contributed by atoms with Gasteiger partial charge in [-0.25, -0.2) is 9.97 Å². The number of hydrogen-bond acceptors (Lipinski definition) is 6. The highest BCUT2D eigenvalue weighted by Crippen LogP contribution is 2.26. The molecule has 1 saturated carbocycles. The summed E-state index contributed by atoms with van der Waals surface area (Å²) in [4.78, 5) is 34.0. The maximum absolute atomic E-state index is 13.4. The van der Waals surface area contributed by atoms with Gasteiger partial charge < -0.3 is 20.2 Å². The first kappa shape index (κ1) is 27.3. The molecule has 0 saturated heterocycles. The number of nitrogens with zero attached hydrogens (tertiary/aromatic N) is 4. The van der Waals surface area contributed by atoms with Gasteiger partial charge in [0.2, 0.25) is 0 Å². The van der Waals surface area contributed by atoms with Gasteiger partial charge >= 0.3 is 0 Å². The first-order chi connectivity index (χ1) is 19.2. The minimum Gasteiger partial charge on any atom is -0.347 e. The number of thiophene rings is 1. The van der Waals surface area contributed by atoms with Gasteiger partial charge in [-0.15, -0.1) is 11.3 Å². The second-order valence-electron chi connectivity index (χ2n) is 10.4. The number of hydrogen-bond donors (Lipinski definition) is 3. The molecule has 1 aliphatic rings. The molecule has 3 heterocycles. The van der Waals surface area contributed by atoms with E-state index in [0.717, 1.165) is 24.7 Å². The lowest BCUT2D eigenvalue weighted by atomic mass is 9.89. The van der Waals surface area contributed by atoms with Crippen LogP contribution in [0, 0.1) is 0 Å². The Balaban J connectivity index is 1.12. The molecule has 206 valence electrons. The highest BCUT2D eigenvalue weighted by molar-refractivity contribution is 7.09. The Morgan fingerprint density at radius 3 is 2.23 bits per heavy atom. The molecule has 0 radical (unpaired) electrons. The number of H-pyrrole nitrogens is 2. The van der Waals surface area contributed by atoms with Gasteiger partial charge in [-0.1, -0.05) is 25.1 Å². The van der Waals surface area contributed by atoms with Crippen molar-refractivity contribution in [2.75, 3.05) is 6.54 Å². The molecule has 3 N–H and O–H groups in total. The van der Waals surface area contributed by atoms with Crippen molar-refractivity contribution in [1.82, 2.24) is 35.1 Å². The van der Waals surface area contributed by atoms with Crippen molar-refractivity contribution in [2.45, 2.75) is 77.3 Å². The number of rotatable bonds is 13. The summed E-state index contributed by atoms with van der Waals surface area (Å²) in [6.45, 7) is 6.14. The Kier molecular flexibility index (Phi) is 9.58. The highest BCUT2D eigenvalue weighted by Gasteiger charge is 2.25. The number of imidazole rings is 2. The fraction of sp³-hybridized carbons (Fsp3) is 0.433. The van der Waals surface area contributed by atoms with Crippen molar-refractivity contribution in [2.24, 2.45) is 0 Å². The number of amides is 1. The average molecular weight is 546 g/mol. The molecule has 1 amide bonds. The van der Waals surface area contributed by atoms with E-state index in [1.807, 2.05) is 23.5 Å². The maximum Gasteiger partial charge on any atom is 0.254 e. The van der Waals surface area contributed by atoms with E-state index >= 15 is 0 Å². The number of carbonyl (C=O) groups is 1. The van der Waals surface area contributed by atoms with Crippen LogP contribution < -0.4 is 5.32 Å². The number of aromatic amines is 2. The van der Waals surface area contributed by atoms with E-state index in [1.54, 1.807) is 29.7 Å². The second-order valence-corrected chi connectivity index (χ2v) is 11.4. The van der Waals surface area contributed by atoms with Crippen molar-refractivity contribution >= 4 is 17.2 Å². The molecular formula is C30H39N7OS. The summed E-state index contributed by atoms with van der Waals surface area (Å²) in [5, 5.41) is 5.95. The van der Waals surface area contributed by atoms with Gasteiger partial charge in [0.05, 0.1) is 13.1 Å². The number of nitrogens with one attached hydrogen (secondary N) is 3. The molecule has 5 rings (SSSR count). The average Bonchev–Trinajstić information content (AvgIpc) is 3.77. The summed E-state index contributed by atoms with van der Waals surface area (Å²) in [5.74, 6) is 1.45. The Hall–Kier alpha value is -3.27. The molecule has 1 aromatic carbocycles. The van der Waals surface area contributed by atoms with Crippen LogP contribution in [0.4, 0.5) is 0 Å². The van der Waals surface area contributed by atoms with Crippen molar-refractivity contribution in [3.05, 3.63) is 94.2 Å². The van der Waals surface area contributed by atoms with Crippen LogP contribution in [-0.4, -0.2) is 54.3 Å². The van der Waals surface area contributed by atoms with Crippen LogP contribution in [0.3, 0.4) is 0 Å². The normalized spacial score (nSPS) is 17.5. The molecule has 3 aromatic heterocycles. The minimum absolute atomic E-state index is 0.0418. The SMILES string of the molecule is CCCN(Cc1cccs1)[C@H]1CC[C@H](NCc2ccc(C(=O)N(Cc3ncc[nH]3)Cc3ncc[nH]3)cc2)CC1. The molecule has 0 atom stereocenters. The second kappa shape index (κ2) is 13.7. The van der Waals surface area contributed by atoms with E-state index in [9.17, 15) is 4.79 Å². The molecule has 9 heteroatoms. The molecule has 8 nitrogen and oxygen atoms in total. The summed E-state index contributed by atoms with van der Waals surface area (Å²) in [6.07, 6.45) is 13.1. The Bertz CT molecular complexity index is 1190. The third-order valence-corrected chi connectivity index (χ3v) is 8.40. The largest absolute Gasteiger partial charge is 0.347 e. The molecule has 1 aliphatic carbocycles. The molecule has 0 unspecified atom stereocenters. The zero-order valence-corrected chi connectivity index (χ0v) is 23.5. The van der Waals surface area contributed by atoms with Gasteiger partial charge in [0.1, 0.15) is 11.6 Å². The van der Waals surface area contributed by atoms with Crippen molar-refractivity contribution < 1.29 is 4.79 Å². The van der Waals surface area contributed by atoms with Gasteiger partial charge in [0.15, 0.2) is 0 Å². The van der Waals surface area contributed by atoms with Crippen molar-refractivity contribution in [3.8, 4) is 0 Å². The summed E-state index contributed by atoms with van der Waals surface area (Å²) < 4.78 is 0. The smallest absolute Gasteiger partial charge is 0.254 e. The zero-order chi connectivity index (χ0) is 26.9. The minimum atomic E-state index is -0.0418. The monoisotopic (exact) mass is 545 g/mol. The number of aromatic nitrogens is 4. The first-order valence-corrected chi connectivity index (χ1v) is 14.9. The summed E-state index contributed by atoms with van der Waals surface area (Å²) >= 11 is 1.87. The Morgan fingerprint density at radius 2 is 1.67 bits per heavy atom. The summed E-state index contributed by atoms with van der Waals surface area (Å²) in [5.41, 5.74) is 1.86. The topological polar surface area (TPSA) is 92.9 Å².